The van der Waals surface area contributed by atoms with Crippen LogP contribution in [0.25, 0.3) is 0 Å². The Hall–Kier alpha value is -1.55. The molecule has 2 unspecified atom stereocenters. The number of carboxylic acids is 1. The number of nitrogens with zero attached hydrogens (tertiary/aromatic N) is 1. The number of hydrogen-bond acceptors (Lipinski definition) is 3. The number of rotatable bonds is 3. The minimum absolute atomic E-state index is 0.00218. The van der Waals surface area contributed by atoms with E-state index in [0.29, 0.717) is 6.54 Å². The van der Waals surface area contributed by atoms with Crippen molar-refractivity contribution in [2.24, 2.45) is 5.92 Å². The minimum Gasteiger partial charge on any atom is -0.496 e. The number of carbonyl (C=O) groups is 1. The summed E-state index contributed by atoms with van der Waals surface area (Å²) in [5.74, 6) is -0.298. The number of benzene rings is 1. The number of likely N-dealkylation sites (tertiary alicyclic amines) is 1. The van der Waals surface area contributed by atoms with Crippen LogP contribution in [0.4, 0.5) is 0 Å². The lowest BCUT2D eigenvalue weighted by molar-refractivity contribution is -0.141. The number of likely N-dealkylation sites (N-methyl/N-ethyl adjacent to an activating group) is 1. The molecule has 4 heteroatoms. The summed E-state index contributed by atoms with van der Waals surface area (Å²) in [6.45, 7) is 3.37. The molecule has 0 amide bonds. The summed E-state index contributed by atoms with van der Waals surface area (Å²) in [6.07, 6.45) is 0. The maximum Gasteiger partial charge on any atom is 0.308 e. The highest BCUT2D eigenvalue weighted by Crippen LogP contribution is 2.37. The largest absolute Gasteiger partial charge is 0.496 e. The number of hydrogen-bond donors (Lipinski definition) is 1. The van der Waals surface area contributed by atoms with Gasteiger partial charge in [0.15, 0.2) is 0 Å². The van der Waals surface area contributed by atoms with Gasteiger partial charge in [-0.25, -0.2) is 0 Å². The predicted molar refractivity (Wildman–Crippen MR) is 69.1 cm³/mol. The van der Waals surface area contributed by atoms with Gasteiger partial charge in [0.25, 0.3) is 0 Å². The van der Waals surface area contributed by atoms with E-state index in [4.69, 9.17) is 4.74 Å². The molecular formula is C14H19NO3. The fraction of sp³-hybridized carbons (Fsp3) is 0.500. The van der Waals surface area contributed by atoms with Crippen molar-refractivity contribution in [1.29, 1.82) is 0 Å². The summed E-state index contributed by atoms with van der Waals surface area (Å²) in [5, 5.41) is 9.33. The van der Waals surface area contributed by atoms with E-state index < -0.39 is 5.97 Å². The summed E-state index contributed by atoms with van der Waals surface area (Å²) in [5.41, 5.74) is 2.14. The summed E-state index contributed by atoms with van der Waals surface area (Å²) in [4.78, 5) is 13.4. The molecular weight excluding hydrogens is 230 g/mol. The molecule has 1 N–H and O–H groups in total. The molecule has 1 aliphatic rings. The predicted octanol–water partition coefficient (Wildman–Crippen LogP) is 1.73. The standard InChI is InChI=1S/C14H19NO3/c1-9-4-5-13(18-3)10(6-9)11-7-15(2)8-12(11)14(16)17/h4-6,11-12H,7-8H2,1-3H3,(H,16,17). The van der Waals surface area contributed by atoms with Crippen LogP contribution in [0, 0.1) is 12.8 Å². The van der Waals surface area contributed by atoms with Gasteiger partial charge < -0.3 is 14.7 Å². The van der Waals surface area contributed by atoms with Crippen LogP contribution < -0.4 is 4.74 Å². The van der Waals surface area contributed by atoms with Crippen LogP contribution in [0.2, 0.25) is 0 Å². The van der Waals surface area contributed by atoms with Gasteiger partial charge in [0.1, 0.15) is 5.75 Å². The molecule has 1 fully saturated rings. The fourth-order valence-electron chi connectivity index (χ4n) is 2.71. The lowest BCUT2D eigenvalue weighted by Crippen LogP contribution is -2.21. The molecule has 1 saturated heterocycles. The molecule has 2 rings (SSSR count). The van der Waals surface area contributed by atoms with E-state index in [1.807, 2.05) is 32.2 Å². The van der Waals surface area contributed by atoms with Crippen LogP contribution >= 0.6 is 0 Å². The molecule has 4 nitrogen and oxygen atoms in total. The van der Waals surface area contributed by atoms with Crippen LogP contribution in [-0.2, 0) is 4.79 Å². The molecule has 1 aliphatic heterocycles. The number of aliphatic carboxylic acids is 1. The van der Waals surface area contributed by atoms with Crippen molar-refractivity contribution in [2.75, 3.05) is 27.2 Å². The normalized spacial score (nSPS) is 24.2. The quantitative estimate of drug-likeness (QED) is 0.886. The molecule has 0 radical (unpaired) electrons. The van der Waals surface area contributed by atoms with Gasteiger partial charge in [0.05, 0.1) is 13.0 Å². The Bertz CT molecular complexity index is 458. The first-order chi connectivity index (χ1) is 8.52. The molecule has 1 aromatic carbocycles. The zero-order valence-corrected chi connectivity index (χ0v) is 11.0. The summed E-state index contributed by atoms with van der Waals surface area (Å²) in [6, 6.07) is 5.94. The third-order valence-electron chi connectivity index (χ3n) is 3.60. The van der Waals surface area contributed by atoms with Crippen molar-refractivity contribution >= 4 is 5.97 Å². The first-order valence-electron chi connectivity index (χ1n) is 6.08. The van der Waals surface area contributed by atoms with Gasteiger partial charge in [-0.2, -0.15) is 0 Å². The van der Waals surface area contributed by atoms with Gasteiger partial charge in [0.2, 0.25) is 0 Å². The van der Waals surface area contributed by atoms with Gasteiger partial charge in [-0.15, -0.1) is 0 Å². The van der Waals surface area contributed by atoms with Crippen molar-refractivity contribution in [1.82, 2.24) is 4.90 Å². The molecule has 0 spiro atoms. The average molecular weight is 249 g/mol. The van der Waals surface area contributed by atoms with Crippen LogP contribution in [0.3, 0.4) is 0 Å². The van der Waals surface area contributed by atoms with E-state index in [1.165, 1.54) is 0 Å². The summed E-state index contributed by atoms with van der Waals surface area (Å²) < 4.78 is 5.36. The lowest BCUT2D eigenvalue weighted by Gasteiger charge is -2.18. The maximum absolute atomic E-state index is 11.3. The van der Waals surface area contributed by atoms with E-state index >= 15 is 0 Å². The molecule has 0 aromatic heterocycles. The van der Waals surface area contributed by atoms with Crippen molar-refractivity contribution in [2.45, 2.75) is 12.8 Å². The number of methoxy groups -OCH3 is 1. The molecule has 0 bridgehead atoms. The first-order valence-corrected chi connectivity index (χ1v) is 6.08. The lowest BCUT2D eigenvalue weighted by atomic mass is 9.87. The maximum atomic E-state index is 11.3. The SMILES string of the molecule is COc1ccc(C)cc1C1CN(C)CC1C(=O)O. The van der Waals surface area contributed by atoms with E-state index in [9.17, 15) is 9.90 Å². The zero-order chi connectivity index (χ0) is 13.3. The van der Waals surface area contributed by atoms with Gasteiger partial charge in [-0.1, -0.05) is 17.7 Å². The molecule has 0 saturated carbocycles. The van der Waals surface area contributed by atoms with Crippen LogP contribution in [0.5, 0.6) is 5.75 Å². The van der Waals surface area contributed by atoms with Crippen LogP contribution in [-0.4, -0.2) is 43.2 Å². The highest BCUT2D eigenvalue weighted by Gasteiger charge is 2.38. The van der Waals surface area contributed by atoms with Gasteiger partial charge in [-0.05, 0) is 25.6 Å². The fourth-order valence-corrected chi connectivity index (χ4v) is 2.71. The van der Waals surface area contributed by atoms with Crippen molar-refractivity contribution < 1.29 is 14.6 Å². The average Bonchev–Trinajstić information content (AvgIpc) is 2.71. The highest BCUT2D eigenvalue weighted by molar-refractivity contribution is 5.72. The van der Waals surface area contributed by atoms with E-state index in [0.717, 1.165) is 23.4 Å². The van der Waals surface area contributed by atoms with Gasteiger partial charge in [0, 0.05) is 19.0 Å². The smallest absolute Gasteiger partial charge is 0.308 e. The second-order valence-electron chi connectivity index (χ2n) is 5.02. The second-order valence-corrected chi connectivity index (χ2v) is 5.02. The van der Waals surface area contributed by atoms with Crippen LogP contribution in [0.1, 0.15) is 17.0 Å². The monoisotopic (exact) mass is 249 g/mol. The van der Waals surface area contributed by atoms with Gasteiger partial charge >= 0.3 is 5.97 Å². The van der Waals surface area contributed by atoms with Crippen molar-refractivity contribution in [3.8, 4) is 5.75 Å². The number of ether oxygens (including phenoxy) is 1. The molecule has 2 atom stereocenters. The Kier molecular flexibility index (Phi) is 3.57. The molecule has 1 aromatic rings. The first kappa shape index (κ1) is 12.9. The third kappa shape index (κ3) is 2.34. The Labute approximate surface area is 107 Å². The minimum atomic E-state index is -0.729. The highest BCUT2D eigenvalue weighted by atomic mass is 16.5. The Morgan fingerprint density at radius 1 is 1.44 bits per heavy atom. The van der Waals surface area contributed by atoms with E-state index in [1.54, 1.807) is 7.11 Å². The zero-order valence-electron chi connectivity index (χ0n) is 11.0. The summed E-state index contributed by atoms with van der Waals surface area (Å²) >= 11 is 0. The molecule has 1 heterocycles. The number of aryl methyl sites for hydroxylation is 1. The molecule has 18 heavy (non-hydrogen) atoms. The van der Waals surface area contributed by atoms with E-state index in [-0.39, 0.29) is 11.8 Å². The van der Waals surface area contributed by atoms with Crippen LogP contribution in [0.15, 0.2) is 18.2 Å². The Morgan fingerprint density at radius 2 is 2.17 bits per heavy atom. The molecule has 98 valence electrons. The Balaban J connectivity index is 2.40. The molecule has 0 aliphatic carbocycles. The van der Waals surface area contributed by atoms with E-state index in [2.05, 4.69) is 4.90 Å². The van der Waals surface area contributed by atoms with Crippen molar-refractivity contribution in [3.05, 3.63) is 29.3 Å². The summed E-state index contributed by atoms with van der Waals surface area (Å²) in [7, 11) is 3.58. The second kappa shape index (κ2) is 4.98. The Morgan fingerprint density at radius 3 is 2.78 bits per heavy atom. The van der Waals surface area contributed by atoms with Crippen molar-refractivity contribution in [3.63, 3.8) is 0 Å². The van der Waals surface area contributed by atoms with Gasteiger partial charge in [-0.3, -0.25) is 4.79 Å². The third-order valence-corrected chi connectivity index (χ3v) is 3.60. The number of carboxylic acid groups (broad SMARTS) is 1. The topological polar surface area (TPSA) is 49.8 Å².